The molecular weight excluding hydrogens is 424 g/mol. The topological polar surface area (TPSA) is 171 Å². The van der Waals surface area contributed by atoms with Gasteiger partial charge in [-0.05, 0) is 37.2 Å². The Labute approximate surface area is 188 Å². The number of carboxylic acids is 1. The molecule has 0 radical (unpaired) electrons. The lowest BCUT2D eigenvalue weighted by Gasteiger charge is -2.28. The molecule has 7 N–H and O–H groups in total. The van der Waals surface area contributed by atoms with Gasteiger partial charge < -0.3 is 31.9 Å². The Morgan fingerprint density at radius 1 is 0.935 bits per heavy atom. The first-order chi connectivity index (χ1) is 14.4. The molecule has 10 nitrogen and oxygen atoms in total. The fourth-order valence-electron chi connectivity index (χ4n) is 2.70. The summed E-state index contributed by atoms with van der Waals surface area (Å²) in [6.45, 7) is 8.41. The first kappa shape index (κ1) is 29.1. The summed E-state index contributed by atoms with van der Waals surface area (Å²) in [5.74, 6) is -3.10. The fourth-order valence-corrected chi connectivity index (χ4v) is 3.17. The molecule has 0 aliphatic heterocycles. The lowest BCUT2D eigenvalue weighted by molar-refractivity contribution is -0.142. The number of nitrogens with two attached hydrogens (primary N) is 1. The number of hydrogen-bond acceptors (Lipinski definition) is 7. The second-order valence-electron chi connectivity index (χ2n) is 8.05. The average molecular weight is 463 g/mol. The smallest absolute Gasteiger partial charge is 0.326 e. The highest BCUT2D eigenvalue weighted by molar-refractivity contribution is 7.98. The molecule has 0 aromatic rings. The van der Waals surface area contributed by atoms with E-state index in [1.54, 1.807) is 20.8 Å². The summed E-state index contributed by atoms with van der Waals surface area (Å²) in [7, 11) is 0. The van der Waals surface area contributed by atoms with E-state index < -0.39 is 54.0 Å². The highest BCUT2D eigenvalue weighted by Crippen LogP contribution is 2.09. The van der Waals surface area contributed by atoms with Crippen LogP contribution in [0.3, 0.4) is 0 Å². The van der Waals surface area contributed by atoms with Crippen molar-refractivity contribution < 1.29 is 29.4 Å². The van der Waals surface area contributed by atoms with E-state index in [-0.39, 0.29) is 18.3 Å². The van der Waals surface area contributed by atoms with Crippen LogP contribution in [0.25, 0.3) is 0 Å². The van der Waals surface area contributed by atoms with Crippen LogP contribution in [0.5, 0.6) is 0 Å². The zero-order valence-corrected chi connectivity index (χ0v) is 20.0. The maximum absolute atomic E-state index is 12.8. The van der Waals surface area contributed by atoms with Gasteiger partial charge in [0.05, 0.1) is 12.1 Å². The summed E-state index contributed by atoms with van der Waals surface area (Å²) < 4.78 is 0. The third-order valence-corrected chi connectivity index (χ3v) is 5.74. The van der Waals surface area contributed by atoms with E-state index in [0.29, 0.717) is 12.2 Å². The molecule has 0 rings (SSSR count). The molecule has 11 heteroatoms. The highest BCUT2D eigenvalue weighted by Gasteiger charge is 2.34. The van der Waals surface area contributed by atoms with E-state index in [2.05, 4.69) is 16.0 Å². The van der Waals surface area contributed by atoms with Crippen molar-refractivity contribution in [2.24, 2.45) is 17.6 Å². The van der Waals surface area contributed by atoms with Crippen molar-refractivity contribution in [2.75, 3.05) is 12.0 Å². The van der Waals surface area contributed by atoms with E-state index in [1.165, 1.54) is 18.7 Å². The summed E-state index contributed by atoms with van der Waals surface area (Å²) >= 11 is 1.46. The first-order valence-electron chi connectivity index (χ1n) is 10.4. The summed E-state index contributed by atoms with van der Waals surface area (Å²) in [4.78, 5) is 49.2. The molecule has 3 amide bonds. The second-order valence-corrected chi connectivity index (χ2v) is 9.03. The number of aliphatic hydroxyl groups excluding tert-OH is 1. The molecule has 31 heavy (non-hydrogen) atoms. The van der Waals surface area contributed by atoms with Crippen LogP contribution in [0.2, 0.25) is 0 Å². The van der Waals surface area contributed by atoms with Crippen LogP contribution in [0.15, 0.2) is 0 Å². The highest BCUT2D eigenvalue weighted by atomic mass is 32.2. The Morgan fingerprint density at radius 2 is 1.45 bits per heavy atom. The van der Waals surface area contributed by atoms with Crippen LogP contribution in [0.4, 0.5) is 0 Å². The van der Waals surface area contributed by atoms with Gasteiger partial charge in [0, 0.05) is 0 Å². The van der Waals surface area contributed by atoms with Gasteiger partial charge in [0.1, 0.15) is 18.1 Å². The van der Waals surface area contributed by atoms with Crippen LogP contribution in [-0.2, 0) is 19.2 Å². The third-order valence-electron chi connectivity index (χ3n) is 5.09. The Balaban J connectivity index is 5.34. The van der Waals surface area contributed by atoms with Crippen LogP contribution >= 0.6 is 11.8 Å². The SMILES string of the molecule is CCC(C)C(N)C(=O)NC(C(=O)NC(C(=O)NC(CCSC)C(=O)O)C(C)C)C(C)O. The molecule has 0 heterocycles. The van der Waals surface area contributed by atoms with Crippen molar-refractivity contribution in [3.63, 3.8) is 0 Å². The molecule has 6 atom stereocenters. The summed E-state index contributed by atoms with van der Waals surface area (Å²) in [5, 5.41) is 26.8. The Hall–Kier alpha value is -1.85. The number of amides is 3. The van der Waals surface area contributed by atoms with Gasteiger partial charge in [-0.25, -0.2) is 4.79 Å². The Morgan fingerprint density at radius 3 is 1.87 bits per heavy atom. The van der Waals surface area contributed by atoms with Gasteiger partial charge in [-0.3, -0.25) is 14.4 Å². The van der Waals surface area contributed by atoms with Crippen LogP contribution in [0, 0.1) is 11.8 Å². The number of hydrogen-bond donors (Lipinski definition) is 6. The predicted molar refractivity (Wildman–Crippen MR) is 120 cm³/mol. The van der Waals surface area contributed by atoms with E-state index in [4.69, 9.17) is 5.73 Å². The third kappa shape index (κ3) is 9.88. The molecule has 0 fully saturated rings. The molecule has 180 valence electrons. The Bertz CT molecular complexity index is 616. The molecule has 0 aliphatic carbocycles. The molecular formula is C20H38N4O6S. The van der Waals surface area contributed by atoms with Crippen molar-refractivity contribution in [1.82, 2.24) is 16.0 Å². The van der Waals surface area contributed by atoms with E-state index in [1.807, 2.05) is 13.2 Å². The van der Waals surface area contributed by atoms with Crippen LogP contribution < -0.4 is 21.7 Å². The van der Waals surface area contributed by atoms with Crippen LogP contribution in [-0.4, -0.2) is 76.2 Å². The van der Waals surface area contributed by atoms with Gasteiger partial charge in [-0.2, -0.15) is 11.8 Å². The number of carboxylic acid groups (broad SMARTS) is 1. The van der Waals surface area contributed by atoms with Gasteiger partial charge in [0.15, 0.2) is 0 Å². The monoisotopic (exact) mass is 462 g/mol. The van der Waals surface area contributed by atoms with Gasteiger partial charge >= 0.3 is 5.97 Å². The molecule has 0 aliphatic rings. The maximum Gasteiger partial charge on any atom is 0.326 e. The van der Waals surface area contributed by atoms with Crippen molar-refractivity contribution in [3.05, 3.63) is 0 Å². The van der Waals surface area contributed by atoms with Crippen molar-refractivity contribution in [2.45, 2.75) is 77.7 Å². The second kappa shape index (κ2) is 14.3. The summed E-state index contributed by atoms with van der Waals surface area (Å²) in [6, 6.07) is -4.30. The minimum Gasteiger partial charge on any atom is -0.480 e. The lowest BCUT2D eigenvalue weighted by Crippen LogP contribution is -2.61. The number of carbonyl (C=O) groups is 4. The average Bonchev–Trinajstić information content (AvgIpc) is 2.70. The molecule has 0 saturated heterocycles. The minimum absolute atomic E-state index is 0.124. The minimum atomic E-state index is -1.32. The molecule has 0 spiro atoms. The maximum atomic E-state index is 12.8. The molecule has 0 bridgehead atoms. The summed E-state index contributed by atoms with van der Waals surface area (Å²) in [5.41, 5.74) is 5.89. The molecule has 6 unspecified atom stereocenters. The number of thioether (sulfide) groups is 1. The quantitative estimate of drug-likeness (QED) is 0.204. The molecule has 0 aromatic carbocycles. The van der Waals surface area contributed by atoms with Crippen LogP contribution in [0.1, 0.15) is 47.5 Å². The Kier molecular flexibility index (Phi) is 13.4. The fraction of sp³-hybridized carbons (Fsp3) is 0.800. The van der Waals surface area contributed by atoms with Gasteiger partial charge in [-0.15, -0.1) is 0 Å². The number of carbonyl (C=O) groups excluding carboxylic acids is 3. The first-order valence-corrected chi connectivity index (χ1v) is 11.8. The van der Waals surface area contributed by atoms with E-state index in [0.717, 1.165) is 0 Å². The number of nitrogens with one attached hydrogen (secondary N) is 3. The molecule has 0 aromatic heterocycles. The van der Waals surface area contributed by atoms with Crippen molar-refractivity contribution >= 4 is 35.5 Å². The summed E-state index contributed by atoms with van der Waals surface area (Å²) in [6.07, 6.45) is 1.49. The van der Waals surface area contributed by atoms with Gasteiger partial charge in [0.2, 0.25) is 17.7 Å². The lowest BCUT2D eigenvalue weighted by atomic mass is 9.98. The number of rotatable bonds is 14. The largest absolute Gasteiger partial charge is 0.480 e. The van der Waals surface area contributed by atoms with Crippen molar-refractivity contribution in [1.29, 1.82) is 0 Å². The zero-order valence-electron chi connectivity index (χ0n) is 19.2. The van der Waals surface area contributed by atoms with E-state index in [9.17, 15) is 29.4 Å². The van der Waals surface area contributed by atoms with Gasteiger partial charge in [0.25, 0.3) is 0 Å². The van der Waals surface area contributed by atoms with Gasteiger partial charge in [-0.1, -0.05) is 34.1 Å². The zero-order chi connectivity index (χ0) is 24.3. The normalized spacial score (nSPS) is 17.1. The molecule has 0 saturated carbocycles. The standard InChI is InChI=1S/C20H38N4O6S/c1-7-11(4)14(21)17(26)24-16(12(5)25)19(28)23-15(10(2)3)18(27)22-13(20(29)30)8-9-31-6/h10-16,25H,7-9,21H2,1-6H3,(H,22,27)(H,23,28)(H,24,26)(H,29,30). The number of aliphatic hydroxyl groups is 1. The predicted octanol–water partition coefficient (Wildman–Crippen LogP) is -0.311. The van der Waals surface area contributed by atoms with Crippen molar-refractivity contribution in [3.8, 4) is 0 Å². The van der Waals surface area contributed by atoms with E-state index >= 15 is 0 Å². The number of aliphatic carboxylic acids is 1.